The summed E-state index contributed by atoms with van der Waals surface area (Å²) in [4.78, 5) is 7.31. The molecule has 2 unspecified atom stereocenters. The average Bonchev–Trinajstić information content (AvgIpc) is 2.79. The van der Waals surface area contributed by atoms with Gasteiger partial charge >= 0.3 is 0 Å². The highest BCUT2D eigenvalue weighted by Crippen LogP contribution is 2.35. The lowest BCUT2D eigenvalue weighted by molar-refractivity contribution is 0.188. The zero-order chi connectivity index (χ0) is 20.6. The minimum Gasteiger partial charge on any atom is -0.298 e. The molecular formula is C25H28N2O2S. The molecule has 4 nitrogen and oxygen atoms in total. The van der Waals surface area contributed by atoms with E-state index < -0.39 is 9.84 Å². The normalized spacial score (nSPS) is 22.7. The molecule has 2 aliphatic rings. The smallest absolute Gasteiger partial charge is 0.183 e. The highest BCUT2D eigenvalue weighted by atomic mass is 32.2. The summed E-state index contributed by atoms with van der Waals surface area (Å²) in [5.74, 6) is 0.437. The first-order valence-electron chi connectivity index (χ1n) is 11.0. The molecule has 5 heteroatoms. The lowest BCUT2D eigenvalue weighted by Gasteiger charge is -2.35. The number of pyridine rings is 1. The van der Waals surface area contributed by atoms with Gasteiger partial charge in [0.25, 0.3) is 0 Å². The van der Waals surface area contributed by atoms with Crippen molar-refractivity contribution in [2.45, 2.75) is 48.8 Å². The summed E-state index contributed by atoms with van der Waals surface area (Å²) >= 11 is 0. The molecule has 1 aromatic heterocycles. The summed E-state index contributed by atoms with van der Waals surface area (Å²) in [5, 5.41) is 0.582. The number of hydrogen-bond donors (Lipinski definition) is 0. The van der Waals surface area contributed by atoms with E-state index in [4.69, 9.17) is 0 Å². The molecule has 2 atom stereocenters. The van der Waals surface area contributed by atoms with Gasteiger partial charge in [0.2, 0.25) is 0 Å². The first kappa shape index (κ1) is 19.7. The molecule has 1 saturated carbocycles. The molecule has 156 valence electrons. The van der Waals surface area contributed by atoms with Crippen molar-refractivity contribution in [1.29, 1.82) is 0 Å². The van der Waals surface area contributed by atoms with Crippen molar-refractivity contribution in [3.8, 4) is 0 Å². The van der Waals surface area contributed by atoms with Gasteiger partial charge < -0.3 is 0 Å². The van der Waals surface area contributed by atoms with Crippen LogP contribution in [0.25, 0.3) is 10.9 Å². The van der Waals surface area contributed by atoms with Crippen LogP contribution >= 0.6 is 0 Å². The first-order chi connectivity index (χ1) is 14.6. The second-order valence-corrected chi connectivity index (χ2v) is 11.0. The second kappa shape index (κ2) is 8.12. The third-order valence-corrected chi connectivity index (χ3v) is 9.05. The van der Waals surface area contributed by atoms with Gasteiger partial charge in [0.1, 0.15) is 0 Å². The van der Waals surface area contributed by atoms with E-state index in [1.54, 1.807) is 12.3 Å². The molecule has 5 rings (SSSR count). The number of para-hydroxylation sites is 1. The zero-order valence-corrected chi connectivity index (χ0v) is 18.0. The summed E-state index contributed by atoms with van der Waals surface area (Å²) in [6.07, 6.45) is 6.38. The fraction of sp³-hybridized carbons (Fsp3) is 0.400. The van der Waals surface area contributed by atoms with Crippen LogP contribution in [0.15, 0.2) is 65.7 Å². The Balaban J connectivity index is 1.33. The maximum Gasteiger partial charge on any atom is 0.183 e. The fourth-order valence-electron chi connectivity index (χ4n) is 5.25. The van der Waals surface area contributed by atoms with Crippen LogP contribution in [0, 0.1) is 5.92 Å². The number of rotatable bonds is 4. The molecule has 2 aromatic carbocycles. The number of nitrogens with zero attached hydrogens (tertiary/aromatic N) is 2. The third kappa shape index (κ3) is 3.77. The number of benzene rings is 2. The van der Waals surface area contributed by atoms with Crippen LogP contribution < -0.4 is 0 Å². The molecule has 3 aromatic rings. The fourth-order valence-corrected chi connectivity index (χ4v) is 7.32. The van der Waals surface area contributed by atoms with Gasteiger partial charge in [-0.15, -0.1) is 0 Å². The van der Waals surface area contributed by atoms with Gasteiger partial charge in [-0.1, -0.05) is 48.9 Å². The summed E-state index contributed by atoms with van der Waals surface area (Å²) in [6, 6.07) is 18.0. The van der Waals surface area contributed by atoms with Crippen molar-refractivity contribution in [2.75, 3.05) is 13.1 Å². The minimum absolute atomic E-state index is 0.305. The van der Waals surface area contributed by atoms with Crippen LogP contribution in [0.3, 0.4) is 0 Å². The number of fused-ring (bicyclic) bond motifs is 2. The number of sulfone groups is 1. The molecule has 30 heavy (non-hydrogen) atoms. The van der Waals surface area contributed by atoms with E-state index in [9.17, 15) is 8.42 Å². The van der Waals surface area contributed by atoms with Gasteiger partial charge in [0.05, 0.1) is 15.7 Å². The van der Waals surface area contributed by atoms with E-state index in [1.807, 2.05) is 24.3 Å². The van der Waals surface area contributed by atoms with Gasteiger partial charge in [0.15, 0.2) is 9.84 Å². The van der Waals surface area contributed by atoms with Gasteiger partial charge in [0, 0.05) is 31.2 Å². The van der Waals surface area contributed by atoms with E-state index in [0.29, 0.717) is 16.3 Å². The standard InChI is InChI=1S/C25H28N2O2S/c28-30(29,24-12-4-9-21-10-5-14-26-25(21)24)23-11-3-6-19(16-23)17-27-15-13-20-7-1-2-8-22(20)18-27/h1-2,4-5,7-10,12,14,19,23H,3,6,11,13,15-18H2. The minimum atomic E-state index is -3.39. The van der Waals surface area contributed by atoms with Crippen molar-refractivity contribution >= 4 is 20.7 Å². The predicted molar refractivity (Wildman–Crippen MR) is 120 cm³/mol. The van der Waals surface area contributed by atoms with Crippen molar-refractivity contribution in [3.63, 3.8) is 0 Å². The van der Waals surface area contributed by atoms with Crippen LogP contribution in [-0.2, 0) is 22.8 Å². The van der Waals surface area contributed by atoms with Gasteiger partial charge in [-0.3, -0.25) is 9.88 Å². The molecule has 0 N–H and O–H groups in total. The Morgan fingerprint density at radius 2 is 1.80 bits per heavy atom. The van der Waals surface area contributed by atoms with Gasteiger partial charge in [-0.05, 0) is 54.9 Å². The SMILES string of the molecule is O=S(=O)(c1cccc2cccnc12)C1CCCC(CN2CCc3ccccc3C2)C1. The van der Waals surface area contributed by atoms with Crippen molar-refractivity contribution < 1.29 is 8.42 Å². The van der Waals surface area contributed by atoms with Crippen LogP contribution in [0.5, 0.6) is 0 Å². The van der Waals surface area contributed by atoms with E-state index >= 15 is 0 Å². The Morgan fingerprint density at radius 1 is 0.967 bits per heavy atom. The van der Waals surface area contributed by atoms with E-state index in [1.165, 1.54) is 11.1 Å². The molecule has 0 saturated heterocycles. The van der Waals surface area contributed by atoms with Crippen molar-refractivity contribution in [2.24, 2.45) is 5.92 Å². The van der Waals surface area contributed by atoms with E-state index in [0.717, 1.165) is 57.1 Å². The molecule has 1 aliphatic carbocycles. The van der Waals surface area contributed by atoms with Gasteiger partial charge in [-0.25, -0.2) is 8.42 Å². The maximum absolute atomic E-state index is 13.5. The first-order valence-corrected chi connectivity index (χ1v) is 12.5. The lowest BCUT2D eigenvalue weighted by Crippen LogP contribution is -2.38. The van der Waals surface area contributed by atoms with Crippen molar-refractivity contribution in [1.82, 2.24) is 9.88 Å². The van der Waals surface area contributed by atoms with E-state index in [-0.39, 0.29) is 5.25 Å². The Labute approximate surface area is 178 Å². The molecule has 1 aliphatic heterocycles. The molecule has 2 heterocycles. The predicted octanol–water partition coefficient (Wildman–Crippen LogP) is 4.63. The monoisotopic (exact) mass is 420 g/mol. The third-order valence-electron chi connectivity index (χ3n) is 6.80. The maximum atomic E-state index is 13.5. The van der Waals surface area contributed by atoms with Crippen LogP contribution in [0.1, 0.15) is 36.8 Å². The highest BCUT2D eigenvalue weighted by Gasteiger charge is 2.35. The van der Waals surface area contributed by atoms with Crippen LogP contribution in [0.4, 0.5) is 0 Å². The summed E-state index contributed by atoms with van der Waals surface area (Å²) < 4.78 is 27.1. The topological polar surface area (TPSA) is 50.3 Å². The number of aromatic nitrogens is 1. The Morgan fingerprint density at radius 3 is 2.70 bits per heavy atom. The highest BCUT2D eigenvalue weighted by molar-refractivity contribution is 7.92. The summed E-state index contributed by atoms with van der Waals surface area (Å²) in [7, 11) is -3.39. The molecule has 0 bridgehead atoms. The molecular weight excluding hydrogens is 392 g/mol. The molecule has 0 radical (unpaired) electrons. The number of hydrogen-bond acceptors (Lipinski definition) is 4. The lowest BCUT2D eigenvalue weighted by atomic mass is 9.87. The molecule has 1 fully saturated rings. The quantitative estimate of drug-likeness (QED) is 0.618. The second-order valence-electron chi connectivity index (χ2n) is 8.78. The Bertz CT molecular complexity index is 1150. The molecule has 0 amide bonds. The van der Waals surface area contributed by atoms with Gasteiger partial charge in [-0.2, -0.15) is 0 Å². The van der Waals surface area contributed by atoms with Crippen LogP contribution in [-0.4, -0.2) is 36.6 Å². The Hall–Kier alpha value is -2.24. The average molecular weight is 421 g/mol. The van der Waals surface area contributed by atoms with Crippen LogP contribution in [0.2, 0.25) is 0 Å². The largest absolute Gasteiger partial charge is 0.298 e. The summed E-state index contributed by atoms with van der Waals surface area (Å²) in [5.41, 5.74) is 3.49. The molecule has 0 spiro atoms. The van der Waals surface area contributed by atoms with E-state index in [2.05, 4.69) is 34.1 Å². The summed E-state index contributed by atoms with van der Waals surface area (Å²) in [6.45, 7) is 3.05. The van der Waals surface area contributed by atoms with Crippen molar-refractivity contribution in [3.05, 3.63) is 71.9 Å². The Kier molecular flexibility index (Phi) is 5.34. The zero-order valence-electron chi connectivity index (χ0n) is 17.2.